The molecule has 3 heterocycles. The van der Waals surface area contributed by atoms with Crippen molar-refractivity contribution in [2.24, 2.45) is 0 Å². The number of benzene rings is 1. The maximum Gasteiger partial charge on any atom is 0.292 e. The van der Waals surface area contributed by atoms with Gasteiger partial charge in [0.25, 0.3) is 6.47 Å². The molecule has 30 heavy (non-hydrogen) atoms. The SMILES string of the molecule is CC.CN(C)c1cnc2nc(N3CCCC3)n(Cc3ccccc3)c2c1.COC=O. The fraction of sp³-hybridized carbons (Fsp3) is 0.435. The molecule has 0 bridgehead atoms. The van der Waals surface area contributed by atoms with Gasteiger partial charge >= 0.3 is 0 Å². The van der Waals surface area contributed by atoms with Gasteiger partial charge in [-0.2, -0.15) is 4.98 Å². The Bertz CT molecular complexity index is 903. The van der Waals surface area contributed by atoms with Gasteiger partial charge in [-0.05, 0) is 24.5 Å². The van der Waals surface area contributed by atoms with Gasteiger partial charge < -0.3 is 19.1 Å². The van der Waals surface area contributed by atoms with Crippen molar-refractivity contribution in [3.8, 4) is 0 Å². The van der Waals surface area contributed by atoms with Crippen molar-refractivity contribution in [3.05, 3.63) is 48.2 Å². The lowest BCUT2D eigenvalue weighted by atomic mass is 10.2. The van der Waals surface area contributed by atoms with Gasteiger partial charge in [0, 0.05) is 27.2 Å². The van der Waals surface area contributed by atoms with Crippen LogP contribution in [0.15, 0.2) is 42.6 Å². The van der Waals surface area contributed by atoms with Crippen LogP contribution in [0.2, 0.25) is 0 Å². The minimum atomic E-state index is 0.375. The monoisotopic (exact) mass is 411 g/mol. The summed E-state index contributed by atoms with van der Waals surface area (Å²) in [6, 6.07) is 12.8. The van der Waals surface area contributed by atoms with Crippen molar-refractivity contribution >= 4 is 29.3 Å². The molecule has 2 aromatic heterocycles. The largest absolute Gasteiger partial charge is 0.471 e. The first-order chi connectivity index (χ1) is 14.6. The molecule has 0 aliphatic carbocycles. The Labute approximate surface area is 179 Å². The molecular formula is C23H33N5O2. The Hall–Kier alpha value is -3.09. The third-order valence-corrected chi connectivity index (χ3v) is 4.76. The van der Waals surface area contributed by atoms with Gasteiger partial charge in [-0.15, -0.1) is 0 Å². The van der Waals surface area contributed by atoms with Crippen molar-refractivity contribution in [1.82, 2.24) is 14.5 Å². The number of hydrogen-bond acceptors (Lipinski definition) is 6. The van der Waals surface area contributed by atoms with E-state index in [1.807, 2.05) is 34.1 Å². The quantitative estimate of drug-likeness (QED) is 0.592. The Balaban J connectivity index is 0.000000481. The summed E-state index contributed by atoms with van der Waals surface area (Å²) >= 11 is 0. The molecule has 162 valence electrons. The van der Waals surface area contributed by atoms with Crippen LogP contribution < -0.4 is 9.80 Å². The minimum absolute atomic E-state index is 0.375. The van der Waals surface area contributed by atoms with Gasteiger partial charge in [0.1, 0.15) is 0 Å². The van der Waals surface area contributed by atoms with Crippen LogP contribution in [0, 0.1) is 0 Å². The van der Waals surface area contributed by atoms with E-state index in [0.29, 0.717) is 6.47 Å². The molecule has 0 atom stereocenters. The number of methoxy groups -OCH3 is 1. The maximum absolute atomic E-state index is 8.95. The summed E-state index contributed by atoms with van der Waals surface area (Å²) in [5.74, 6) is 1.05. The summed E-state index contributed by atoms with van der Waals surface area (Å²) in [5.41, 5.74) is 4.32. The van der Waals surface area contributed by atoms with Gasteiger partial charge in [0.05, 0.1) is 31.1 Å². The lowest BCUT2D eigenvalue weighted by Gasteiger charge is -2.19. The number of imidazole rings is 1. The van der Waals surface area contributed by atoms with Crippen molar-refractivity contribution < 1.29 is 9.53 Å². The number of pyridine rings is 1. The van der Waals surface area contributed by atoms with Crippen molar-refractivity contribution in [2.45, 2.75) is 33.2 Å². The van der Waals surface area contributed by atoms with Gasteiger partial charge in [-0.1, -0.05) is 44.2 Å². The first kappa shape index (κ1) is 23.2. The molecule has 7 nitrogen and oxygen atoms in total. The number of rotatable bonds is 5. The third kappa shape index (κ3) is 5.72. The van der Waals surface area contributed by atoms with E-state index in [9.17, 15) is 0 Å². The summed E-state index contributed by atoms with van der Waals surface area (Å²) in [5, 5.41) is 0. The number of fused-ring (bicyclic) bond motifs is 1. The minimum Gasteiger partial charge on any atom is -0.471 e. The first-order valence-corrected chi connectivity index (χ1v) is 10.4. The van der Waals surface area contributed by atoms with Crippen LogP contribution >= 0.6 is 0 Å². The first-order valence-electron chi connectivity index (χ1n) is 10.4. The van der Waals surface area contributed by atoms with E-state index in [4.69, 9.17) is 9.78 Å². The van der Waals surface area contributed by atoms with Crippen LogP contribution in [-0.4, -0.2) is 55.3 Å². The normalized spacial score (nSPS) is 12.5. The van der Waals surface area contributed by atoms with Gasteiger partial charge in [0.2, 0.25) is 5.95 Å². The van der Waals surface area contributed by atoms with E-state index >= 15 is 0 Å². The molecule has 0 amide bonds. The maximum atomic E-state index is 8.95. The zero-order valence-electron chi connectivity index (χ0n) is 18.7. The number of carbonyl (C=O) groups excluding carboxylic acids is 1. The molecule has 0 spiro atoms. The van der Waals surface area contributed by atoms with Crippen LogP contribution in [-0.2, 0) is 16.1 Å². The Kier molecular flexibility index (Phi) is 9.12. The highest BCUT2D eigenvalue weighted by Gasteiger charge is 2.21. The van der Waals surface area contributed by atoms with Crippen LogP contribution in [0.25, 0.3) is 11.2 Å². The van der Waals surface area contributed by atoms with Gasteiger partial charge in [-0.3, -0.25) is 4.79 Å². The van der Waals surface area contributed by atoms with Gasteiger partial charge in [0.15, 0.2) is 5.65 Å². The molecule has 0 saturated carbocycles. The molecule has 1 saturated heterocycles. The van der Waals surface area contributed by atoms with E-state index < -0.39 is 0 Å². The van der Waals surface area contributed by atoms with Crippen LogP contribution in [0.3, 0.4) is 0 Å². The topological polar surface area (TPSA) is 63.5 Å². The van der Waals surface area contributed by atoms with E-state index in [1.165, 1.54) is 25.5 Å². The second kappa shape index (κ2) is 11.8. The predicted molar refractivity (Wildman–Crippen MR) is 123 cm³/mol. The fourth-order valence-electron chi connectivity index (χ4n) is 3.31. The molecule has 1 aliphatic rings. The van der Waals surface area contributed by atoms with Crippen molar-refractivity contribution in [2.75, 3.05) is 44.1 Å². The van der Waals surface area contributed by atoms with E-state index in [1.54, 1.807) is 0 Å². The zero-order chi connectivity index (χ0) is 21.9. The third-order valence-electron chi connectivity index (χ3n) is 4.76. The fourth-order valence-corrected chi connectivity index (χ4v) is 3.31. The molecule has 7 heteroatoms. The highest BCUT2D eigenvalue weighted by Crippen LogP contribution is 2.27. The lowest BCUT2D eigenvalue weighted by molar-refractivity contribution is -0.126. The average molecular weight is 412 g/mol. The molecule has 0 radical (unpaired) electrons. The van der Waals surface area contributed by atoms with E-state index in [2.05, 4.69) is 60.5 Å². The number of carbonyl (C=O) groups is 1. The zero-order valence-corrected chi connectivity index (χ0v) is 18.7. The highest BCUT2D eigenvalue weighted by molar-refractivity contribution is 5.79. The number of nitrogens with zero attached hydrogens (tertiary/aromatic N) is 5. The smallest absolute Gasteiger partial charge is 0.292 e. The summed E-state index contributed by atoms with van der Waals surface area (Å²) < 4.78 is 6.18. The lowest BCUT2D eigenvalue weighted by Crippen LogP contribution is -2.22. The molecule has 1 aromatic carbocycles. The van der Waals surface area contributed by atoms with Crippen molar-refractivity contribution in [3.63, 3.8) is 0 Å². The second-order valence-electron chi connectivity index (χ2n) is 6.94. The number of anilines is 2. The molecule has 0 N–H and O–H groups in total. The summed E-state index contributed by atoms with van der Waals surface area (Å²) in [7, 11) is 5.40. The second-order valence-corrected chi connectivity index (χ2v) is 6.94. The molecule has 1 fully saturated rings. The van der Waals surface area contributed by atoms with Crippen molar-refractivity contribution in [1.29, 1.82) is 0 Å². The van der Waals surface area contributed by atoms with E-state index in [-0.39, 0.29) is 0 Å². The highest BCUT2D eigenvalue weighted by atomic mass is 16.5. The average Bonchev–Trinajstić information content (AvgIpc) is 3.44. The summed E-state index contributed by atoms with van der Waals surface area (Å²) in [6.45, 7) is 7.36. The Morgan fingerprint density at radius 1 is 1.13 bits per heavy atom. The van der Waals surface area contributed by atoms with Gasteiger partial charge in [-0.25, -0.2) is 4.98 Å². The molecule has 4 rings (SSSR count). The number of hydrogen-bond donors (Lipinski definition) is 0. The number of ether oxygens (including phenoxy) is 1. The molecule has 3 aromatic rings. The standard InChI is InChI=1S/C19H23N5.C2H4O2.C2H6/c1-22(2)16-12-17-18(20-13-16)21-19(23-10-6-7-11-23)24(17)14-15-8-4-3-5-9-15;1-4-2-3;1-2/h3-5,8-9,12-13H,6-7,10-11,14H2,1-2H3;2H,1H3;1-2H3. The molecule has 0 unspecified atom stereocenters. The van der Waals surface area contributed by atoms with Crippen LogP contribution in [0.4, 0.5) is 11.6 Å². The summed E-state index contributed by atoms with van der Waals surface area (Å²) in [6.07, 6.45) is 4.38. The Morgan fingerprint density at radius 3 is 2.33 bits per heavy atom. The molecular weight excluding hydrogens is 378 g/mol. The summed E-state index contributed by atoms with van der Waals surface area (Å²) in [4.78, 5) is 22.9. The number of aromatic nitrogens is 3. The van der Waals surface area contributed by atoms with Crippen LogP contribution in [0.5, 0.6) is 0 Å². The molecule has 1 aliphatic heterocycles. The predicted octanol–water partition coefficient (Wildman–Crippen LogP) is 3.96. The van der Waals surface area contributed by atoms with Crippen LogP contribution in [0.1, 0.15) is 32.3 Å². The Morgan fingerprint density at radius 2 is 1.77 bits per heavy atom. The van der Waals surface area contributed by atoms with E-state index in [0.717, 1.165) is 42.4 Å².